The monoisotopic (exact) mass is 537 g/mol. The van der Waals surface area contributed by atoms with Gasteiger partial charge in [-0.05, 0) is 29.9 Å². The van der Waals surface area contributed by atoms with Crippen molar-refractivity contribution in [3.8, 4) is 22.8 Å². The van der Waals surface area contributed by atoms with Crippen molar-refractivity contribution in [1.29, 1.82) is 0 Å². The van der Waals surface area contributed by atoms with E-state index < -0.39 is 5.97 Å². The van der Waals surface area contributed by atoms with Crippen molar-refractivity contribution < 1.29 is 24.1 Å². The number of carboxylic acid groups (broad SMARTS) is 1. The highest BCUT2D eigenvalue weighted by molar-refractivity contribution is 6.04. The molecule has 3 heterocycles. The van der Waals surface area contributed by atoms with Crippen molar-refractivity contribution >= 4 is 27.6 Å². The third-order valence-corrected chi connectivity index (χ3v) is 7.40. The summed E-state index contributed by atoms with van der Waals surface area (Å²) in [5.74, 6) is 0.484. The molecule has 2 aromatic heterocycles. The van der Waals surface area contributed by atoms with Gasteiger partial charge in [-0.2, -0.15) is 5.10 Å². The molecule has 8 heteroatoms. The van der Waals surface area contributed by atoms with E-state index in [-0.39, 0.29) is 0 Å². The van der Waals surface area contributed by atoms with Crippen molar-refractivity contribution in [2.45, 2.75) is 26.0 Å². The Hall–Kier alpha value is -4.56. The SMILES string of the molecule is COc1c2c(nn1C)COC/C=C\Cn1c(C(=O)O)c(CCCOc3cccc4ccccc34)c3cccc-2c31. The average Bonchev–Trinajstić information content (AvgIpc) is 3.45. The summed E-state index contributed by atoms with van der Waals surface area (Å²) in [6.45, 7) is 1.60. The van der Waals surface area contributed by atoms with Crippen LogP contribution in [0, 0.1) is 0 Å². The summed E-state index contributed by atoms with van der Waals surface area (Å²) >= 11 is 0. The molecule has 0 unspecified atom stereocenters. The van der Waals surface area contributed by atoms with Gasteiger partial charge in [-0.3, -0.25) is 0 Å². The molecule has 0 spiro atoms. The molecule has 0 aliphatic carbocycles. The smallest absolute Gasteiger partial charge is 0.352 e. The van der Waals surface area contributed by atoms with Crippen LogP contribution in [0.15, 0.2) is 72.8 Å². The summed E-state index contributed by atoms with van der Waals surface area (Å²) in [7, 11) is 3.45. The molecule has 3 aromatic carbocycles. The number of hydrogen-bond acceptors (Lipinski definition) is 5. The van der Waals surface area contributed by atoms with E-state index in [1.165, 1.54) is 0 Å². The molecule has 204 valence electrons. The standard InChI is InChI=1S/C32H31N3O5/c1-34-31(38-2)28-25-14-8-13-23-24(15-9-19-40-27-16-7-11-21-10-3-4-12-22(21)27)30(32(36)37)35(29(23)25)17-5-6-18-39-20-26(28)33-34/h3-8,10-14,16H,9,15,17-20H2,1-2H3,(H,36,37)/b6-5-. The fraction of sp³-hybridized carbons (Fsp3) is 0.250. The second-order valence-electron chi connectivity index (χ2n) is 9.82. The summed E-state index contributed by atoms with van der Waals surface area (Å²) in [5.41, 5.74) is 4.38. The lowest BCUT2D eigenvalue weighted by Gasteiger charge is -2.11. The van der Waals surface area contributed by atoms with Crippen LogP contribution in [0.25, 0.3) is 32.8 Å². The lowest BCUT2D eigenvalue weighted by atomic mass is 9.99. The summed E-state index contributed by atoms with van der Waals surface area (Å²) in [5, 5.41) is 18.2. The second-order valence-corrected chi connectivity index (χ2v) is 9.82. The number of rotatable bonds is 7. The number of nitrogens with zero attached hydrogens (tertiary/aromatic N) is 3. The highest BCUT2D eigenvalue weighted by Crippen LogP contribution is 2.41. The maximum absolute atomic E-state index is 12.8. The molecule has 0 bridgehead atoms. The third-order valence-electron chi connectivity index (χ3n) is 7.40. The zero-order valence-corrected chi connectivity index (χ0v) is 22.6. The Morgan fingerprint density at radius 1 is 1.05 bits per heavy atom. The van der Waals surface area contributed by atoms with Crippen LogP contribution in [-0.4, -0.2) is 45.7 Å². The summed E-state index contributed by atoms with van der Waals surface area (Å²) in [6.07, 6.45) is 5.10. The molecule has 0 atom stereocenters. The van der Waals surface area contributed by atoms with Crippen LogP contribution in [0.1, 0.15) is 28.2 Å². The van der Waals surface area contributed by atoms with Crippen LogP contribution >= 0.6 is 0 Å². The number of aromatic carboxylic acids is 1. The Morgan fingerprint density at radius 3 is 2.70 bits per heavy atom. The molecule has 1 aliphatic rings. The molecule has 5 aromatic rings. The predicted molar refractivity (Wildman–Crippen MR) is 154 cm³/mol. The number of carboxylic acids is 1. The van der Waals surface area contributed by atoms with Gasteiger partial charge in [0.1, 0.15) is 17.1 Å². The fourth-order valence-electron chi connectivity index (χ4n) is 5.75. The van der Waals surface area contributed by atoms with Gasteiger partial charge in [-0.1, -0.05) is 66.7 Å². The number of methoxy groups -OCH3 is 1. The normalized spacial score (nSPS) is 14.1. The van der Waals surface area contributed by atoms with Crippen molar-refractivity contribution in [3.63, 3.8) is 0 Å². The van der Waals surface area contributed by atoms with Crippen molar-refractivity contribution in [2.24, 2.45) is 7.05 Å². The first-order valence-electron chi connectivity index (χ1n) is 13.4. The molecular formula is C32H31N3O5. The zero-order valence-electron chi connectivity index (χ0n) is 22.6. The maximum Gasteiger partial charge on any atom is 0.352 e. The number of para-hydroxylation sites is 1. The average molecular weight is 538 g/mol. The van der Waals surface area contributed by atoms with Crippen molar-refractivity contribution in [3.05, 3.63) is 89.8 Å². The van der Waals surface area contributed by atoms with Gasteiger partial charge in [0.15, 0.2) is 0 Å². The number of aryl methyl sites for hydroxylation is 2. The second kappa shape index (κ2) is 10.9. The molecular weight excluding hydrogens is 506 g/mol. The van der Waals surface area contributed by atoms with Crippen molar-refractivity contribution in [1.82, 2.24) is 14.3 Å². The first-order chi connectivity index (χ1) is 19.6. The quantitative estimate of drug-likeness (QED) is 0.202. The Labute approximate surface area is 232 Å². The van der Waals surface area contributed by atoms with E-state index in [4.69, 9.17) is 14.2 Å². The first-order valence-corrected chi connectivity index (χ1v) is 13.4. The number of hydrogen-bond donors (Lipinski definition) is 1. The molecule has 40 heavy (non-hydrogen) atoms. The molecule has 0 radical (unpaired) electrons. The van der Waals surface area contributed by atoms with E-state index in [2.05, 4.69) is 23.3 Å². The Balaban J connectivity index is 1.41. The lowest BCUT2D eigenvalue weighted by molar-refractivity contribution is 0.0685. The molecule has 6 rings (SSSR count). The number of allylic oxidation sites excluding steroid dienone is 1. The van der Waals surface area contributed by atoms with Crippen LogP contribution in [0.5, 0.6) is 11.6 Å². The molecule has 1 aliphatic heterocycles. The van der Waals surface area contributed by atoms with E-state index in [0.29, 0.717) is 50.8 Å². The van der Waals surface area contributed by atoms with Gasteiger partial charge < -0.3 is 23.9 Å². The molecule has 1 N–H and O–H groups in total. The Bertz CT molecular complexity index is 1740. The van der Waals surface area contributed by atoms with Gasteiger partial charge in [0.25, 0.3) is 0 Å². The highest BCUT2D eigenvalue weighted by Gasteiger charge is 2.27. The van der Waals surface area contributed by atoms with E-state index >= 15 is 0 Å². The van der Waals surface area contributed by atoms with Crippen LogP contribution in [0.2, 0.25) is 0 Å². The Kier molecular flexibility index (Phi) is 7.00. The minimum Gasteiger partial charge on any atom is -0.493 e. The minimum absolute atomic E-state index is 0.293. The van der Waals surface area contributed by atoms with Gasteiger partial charge in [0.2, 0.25) is 5.88 Å². The Morgan fingerprint density at radius 2 is 1.85 bits per heavy atom. The fourth-order valence-corrected chi connectivity index (χ4v) is 5.75. The van der Waals surface area contributed by atoms with Gasteiger partial charge in [0, 0.05) is 29.9 Å². The van der Waals surface area contributed by atoms with Crippen LogP contribution in [0.4, 0.5) is 0 Å². The van der Waals surface area contributed by atoms with Crippen LogP contribution in [-0.2, 0) is 31.4 Å². The van der Waals surface area contributed by atoms with Gasteiger partial charge >= 0.3 is 5.97 Å². The summed E-state index contributed by atoms with van der Waals surface area (Å²) in [6, 6.07) is 20.1. The topological polar surface area (TPSA) is 87.7 Å². The van der Waals surface area contributed by atoms with Crippen LogP contribution in [0.3, 0.4) is 0 Å². The predicted octanol–water partition coefficient (Wildman–Crippen LogP) is 6.00. The number of aromatic nitrogens is 3. The van der Waals surface area contributed by atoms with Crippen molar-refractivity contribution in [2.75, 3.05) is 20.3 Å². The third kappa shape index (κ3) is 4.50. The van der Waals surface area contributed by atoms with E-state index in [9.17, 15) is 9.90 Å². The zero-order chi connectivity index (χ0) is 27.6. The highest BCUT2D eigenvalue weighted by atomic mass is 16.5. The minimum atomic E-state index is -0.954. The number of benzene rings is 3. The van der Waals surface area contributed by atoms with Crippen LogP contribution < -0.4 is 9.47 Å². The molecule has 0 amide bonds. The summed E-state index contributed by atoms with van der Waals surface area (Å²) < 4.78 is 21.4. The number of fused-ring (bicyclic) bond motifs is 3. The summed E-state index contributed by atoms with van der Waals surface area (Å²) in [4.78, 5) is 12.8. The van der Waals surface area contributed by atoms with E-state index in [0.717, 1.165) is 49.8 Å². The molecule has 0 saturated carbocycles. The van der Waals surface area contributed by atoms with Gasteiger partial charge in [-0.15, -0.1) is 0 Å². The first kappa shape index (κ1) is 25.7. The molecule has 0 fully saturated rings. The largest absolute Gasteiger partial charge is 0.493 e. The molecule has 0 saturated heterocycles. The maximum atomic E-state index is 12.8. The number of carbonyl (C=O) groups is 1. The van der Waals surface area contributed by atoms with E-state index in [1.807, 2.05) is 66.2 Å². The number of ether oxygens (including phenoxy) is 3. The molecule has 8 nitrogen and oxygen atoms in total. The van der Waals surface area contributed by atoms with Gasteiger partial charge in [-0.25, -0.2) is 9.48 Å². The van der Waals surface area contributed by atoms with E-state index in [1.54, 1.807) is 11.8 Å². The lowest BCUT2D eigenvalue weighted by Crippen LogP contribution is -2.11. The van der Waals surface area contributed by atoms with Gasteiger partial charge in [0.05, 0.1) is 38.0 Å².